The number of hydrogen-bond acceptors (Lipinski definition) is 5. The summed E-state index contributed by atoms with van der Waals surface area (Å²) in [7, 11) is 2.04. The third kappa shape index (κ3) is 7.22. The van der Waals surface area contributed by atoms with Gasteiger partial charge in [0.1, 0.15) is 11.6 Å². The molecule has 1 fully saturated rings. The molecule has 1 aliphatic rings. The number of nitrogens with one attached hydrogen (secondary N) is 1. The van der Waals surface area contributed by atoms with Crippen LogP contribution in [0.5, 0.6) is 0 Å². The number of fused-ring (bicyclic) bond motifs is 1. The molecule has 2 heterocycles. The van der Waals surface area contributed by atoms with Gasteiger partial charge in [-0.15, -0.1) is 0 Å². The van der Waals surface area contributed by atoms with Crippen molar-refractivity contribution in [1.29, 1.82) is 0 Å². The number of piperidine rings is 1. The first-order valence-corrected chi connectivity index (χ1v) is 11.4. The number of aryl methyl sites for hydroxylation is 1. The summed E-state index contributed by atoms with van der Waals surface area (Å²) in [6, 6.07) is 8.89. The molecule has 8 nitrogen and oxygen atoms in total. The number of carbonyl (C=O) groups is 2. The van der Waals surface area contributed by atoms with Gasteiger partial charge in [0.25, 0.3) is 5.97 Å². The third-order valence-corrected chi connectivity index (χ3v) is 5.91. The number of urea groups is 1. The Morgan fingerprint density at radius 3 is 2.54 bits per heavy atom. The maximum atomic E-state index is 14.3. The zero-order chi connectivity index (χ0) is 25.5. The smallest absolute Gasteiger partial charge is 0.318 e. The highest BCUT2D eigenvalue weighted by Crippen LogP contribution is 2.22. The minimum Gasteiger partial charge on any atom is -0.481 e. The van der Waals surface area contributed by atoms with E-state index in [9.17, 15) is 13.6 Å². The van der Waals surface area contributed by atoms with E-state index in [0.29, 0.717) is 17.7 Å². The normalized spacial score (nSPS) is 14.3. The molecule has 0 bridgehead atoms. The van der Waals surface area contributed by atoms with Gasteiger partial charge in [0.05, 0.1) is 12.2 Å². The first kappa shape index (κ1) is 26.1. The average Bonchev–Trinajstić information content (AvgIpc) is 3.17. The lowest BCUT2D eigenvalue weighted by molar-refractivity contribution is -0.134. The summed E-state index contributed by atoms with van der Waals surface area (Å²) in [5.74, 6) is -2.11. The van der Waals surface area contributed by atoms with E-state index < -0.39 is 17.6 Å². The van der Waals surface area contributed by atoms with Gasteiger partial charge in [-0.05, 0) is 63.7 Å². The SMILES string of the molecule is CC(=O)O.Cc1noc2cc(CNC(=O)N(Cc3ccc(F)cc3F)C3CCN(C)CC3)ccc12. The van der Waals surface area contributed by atoms with Gasteiger partial charge in [-0.25, -0.2) is 13.6 Å². The maximum Gasteiger partial charge on any atom is 0.318 e. The number of carboxylic acid groups (broad SMARTS) is 1. The van der Waals surface area contributed by atoms with Crippen molar-refractivity contribution in [3.63, 3.8) is 0 Å². The van der Waals surface area contributed by atoms with Crippen molar-refractivity contribution >= 4 is 23.0 Å². The molecule has 1 saturated heterocycles. The van der Waals surface area contributed by atoms with Crippen LogP contribution in [0, 0.1) is 18.6 Å². The number of benzene rings is 2. The fourth-order valence-electron chi connectivity index (χ4n) is 4.00. The van der Waals surface area contributed by atoms with Gasteiger partial charge < -0.3 is 24.7 Å². The lowest BCUT2D eigenvalue weighted by Crippen LogP contribution is -2.49. The number of rotatable bonds is 5. The number of amides is 2. The van der Waals surface area contributed by atoms with Crippen LogP contribution in [0.15, 0.2) is 40.9 Å². The van der Waals surface area contributed by atoms with Crippen molar-refractivity contribution in [2.24, 2.45) is 0 Å². The quantitative estimate of drug-likeness (QED) is 0.555. The topological polar surface area (TPSA) is 98.9 Å². The van der Waals surface area contributed by atoms with Crippen LogP contribution in [0.3, 0.4) is 0 Å². The van der Waals surface area contributed by atoms with E-state index >= 15 is 0 Å². The Morgan fingerprint density at radius 1 is 1.20 bits per heavy atom. The van der Waals surface area contributed by atoms with Gasteiger partial charge in [0, 0.05) is 36.5 Å². The highest BCUT2D eigenvalue weighted by atomic mass is 19.1. The van der Waals surface area contributed by atoms with Crippen LogP contribution in [-0.4, -0.2) is 58.2 Å². The molecule has 35 heavy (non-hydrogen) atoms. The second kappa shape index (κ2) is 11.7. The van der Waals surface area contributed by atoms with E-state index in [1.165, 1.54) is 12.1 Å². The highest BCUT2D eigenvalue weighted by Gasteiger charge is 2.28. The van der Waals surface area contributed by atoms with Crippen molar-refractivity contribution in [3.05, 3.63) is 64.9 Å². The molecule has 2 amide bonds. The largest absolute Gasteiger partial charge is 0.481 e. The number of nitrogens with zero attached hydrogens (tertiary/aromatic N) is 3. The highest BCUT2D eigenvalue weighted by molar-refractivity contribution is 5.80. The summed E-state index contributed by atoms with van der Waals surface area (Å²) in [6.07, 6.45) is 1.60. The summed E-state index contributed by atoms with van der Waals surface area (Å²) in [5, 5.41) is 15.3. The Hall–Kier alpha value is -3.53. The molecule has 2 aromatic carbocycles. The molecule has 1 aliphatic heterocycles. The maximum absolute atomic E-state index is 14.3. The first-order chi connectivity index (χ1) is 16.6. The van der Waals surface area contributed by atoms with E-state index in [0.717, 1.165) is 55.6 Å². The molecular weight excluding hydrogens is 458 g/mol. The second-order valence-electron chi connectivity index (χ2n) is 8.67. The monoisotopic (exact) mass is 488 g/mol. The van der Waals surface area contributed by atoms with E-state index in [1.54, 1.807) is 4.90 Å². The van der Waals surface area contributed by atoms with Gasteiger partial charge in [0.2, 0.25) is 0 Å². The lowest BCUT2D eigenvalue weighted by atomic mass is 10.0. The van der Waals surface area contributed by atoms with Gasteiger partial charge in [0.15, 0.2) is 5.58 Å². The van der Waals surface area contributed by atoms with Crippen LogP contribution in [0.4, 0.5) is 13.6 Å². The Balaban J connectivity index is 0.000000795. The molecule has 0 spiro atoms. The van der Waals surface area contributed by atoms with E-state index in [1.807, 2.05) is 32.2 Å². The Bertz CT molecular complexity index is 1170. The van der Waals surface area contributed by atoms with Crippen LogP contribution in [0.1, 0.15) is 36.6 Å². The molecular formula is C25H30F2N4O4. The van der Waals surface area contributed by atoms with Crippen LogP contribution in [0.2, 0.25) is 0 Å². The lowest BCUT2D eigenvalue weighted by Gasteiger charge is -2.37. The molecule has 188 valence electrons. The zero-order valence-corrected chi connectivity index (χ0v) is 20.1. The van der Waals surface area contributed by atoms with Gasteiger partial charge >= 0.3 is 6.03 Å². The second-order valence-corrected chi connectivity index (χ2v) is 8.67. The minimum absolute atomic E-state index is 0.0138. The van der Waals surface area contributed by atoms with E-state index in [-0.39, 0.29) is 18.6 Å². The molecule has 0 saturated carbocycles. The average molecular weight is 489 g/mol. The molecule has 2 N–H and O–H groups in total. The van der Waals surface area contributed by atoms with Crippen molar-refractivity contribution < 1.29 is 28.0 Å². The van der Waals surface area contributed by atoms with Crippen molar-refractivity contribution in [1.82, 2.24) is 20.3 Å². The number of carboxylic acids is 1. The molecule has 10 heteroatoms. The van der Waals surface area contributed by atoms with Crippen molar-refractivity contribution in [3.8, 4) is 0 Å². The minimum atomic E-state index is -0.833. The fraction of sp³-hybridized carbons (Fsp3) is 0.400. The van der Waals surface area contributed by atoms with Crippen LogP contribution in [-0.2, 0) is 17.9 Å². The van der Waals surface area contributed by atoms with Gasteiger partial charge in [-0.3, -0.25) is 4.79 Å². The summed E-state index contributed by atoms with van der Waals surface area (Å²) in [5.41, 5.74) is 2.67. The number of carbonyl (C=O) groups excluding carboxylic acids is 1. The molecule has 1 aromatic heterocycles. The molecule has 0 aliphatic carbocycles. The predicted molar refractivity (Wildman–Crippen MR) is 127 cm³/mol. The van der Waals surface area contributed by atoms with Crippen LogP contribution in [0.25, 0.3) is 11.0 Å². The number of hydrogen-bond donors (Lipinski definition) is 2. The Kier molecular flexibility index (Phi) is 8.75. The Labute approximate surface area is 202 Å². The molecule has 3 aromatic rings. The van der Waals surface area contributed by atoms with Crippen molar-refractivity contribution in [2.45, 2.75) is 45.8 Å². The predicted octanol–water partition coefficient (Wildman–Crippen LogP) is 4.31. The summed E-state index contributed by atoms with van der Waals surface area (Å²) >= 11 is 0. The first-order valence-electron chi connectivity index (χ1n) is 11.4. The van der Waals surface area contributed by atoms with Gasteiger partial charge in [-0.1, -0.05) is 17.3 Å². The standard InChI is InChI=1S/C23H26F2N4O2.C2H4O2/c1-15-20-6-3-16(11-22(20)31-27-15)13-26-23(30)29(19-7-9-28(2)10-8-19)14-17-4-5-18(24)12-21(17)25;1-2(3)4/h3-6,11-12,19H,7-10,13-14H2,1-2H3,(H,26,30);1H3,(H,3,4). The molecule has 4 rings (SSSR count). The van der Waals surface area contributed by atoms with E-state index in [4.69, 9.17) is 14.4 Å². The number of aromatic nitrogens is 1. The van der Waals surface area contributed by atoms with Crippen molar-refractivity contribution in [2.75, 3.05) is 20.1 Å². The third-order valence-electron chi connectivity index (χ3n) is 5.91. The molecule has 0 radical (unpaired) electrons. The van der Waals surface area contributed by atoms with Crippen LogP contribution < -0.4 is 5.32 Å². The zero-order valence-electron chi connectivity index (χ0n) is 20.1. The van der Waals surface area contributed by atoms with Gasteiger partial charge in [-0.2, -0.15) is 0 Å². The molecule has 0 unspecified atom stereocenters. The van der Waals surface area contributed by atoms with E-state index in [2.05, 4.69) is 15.4 Å². The molecule has 0 atom stereocenters. The summed E-state index contributed by atoms with van der Waals surface area (Å²) in [6.45, 7) is 5.08. The summed E-state index contributed by atoms with van der Waals surface area (Å²) < 4.78 is 32.9. The number of halogens is 2. The summed E-state index contributed by atoms with van der Waals surface area (Å²) in [4.78, 5) is 26.0. The Morgan fingerprint density at radius 2 is 1.89 bits per heavy atom. The number of likely N-dealkylation sites (tertiary alicyclic amines) is 1. The number of aliphatic carboxylic acids is 1. The fourth-order valence-corrected chi connectivity index (χ4v) is 4.00. The van der Waals surface area contributed by atoms with Crippen LogP contribution >= 0.6 is 0 Å².